The first kappa shape index (κ1) is 52.2. The van der Waals surface area contributed by atoms with Crippen LogP contribution in [0.2, 0.25) is 0 Å². The van der Waals surface area contributed by atoms with Crippen LogP contribution in [0.3, 0.4) is 0 Å². The molecule has 2 fully saturated rings. The van der Waals surface area contributed by atoms with Crippen LogP contribution in [-0.2, 0) is 30.3 Å². The molecule has 5 heterocycles. The molecule has 8 rings (SSSR count). The van der Waals surface area contributed by atoms with Crippen molar-refractivity contribution in [3.63, 3.8) is 0 Å². The van der Waals surface area contributed by atoms with Crippen molar-refractivity contribution < 1.29 is 33.0 Å². The number of para-hydroxylation sites is 2. The van der Waals surface area contributed by atoms with E-state index in [1.807, 2.05) is 107 Å². The van der Waals surface area contributed by atoms with Crippen LogP contribution >= 0.6 is 23.5 Å². The molecule has 3 aromatic carbocycles. The third-order valence-electron chi connectivity index (χ3n) is 9.07. The molecule has 19 heteroatoms. The molecule has 0 bridgehead atoms. The number of aromatic amines is 1. The molecule has 0 radical (unpaired) electrons. The highest BCUT2D eigenvalue weighted by atomic mass is 32.2. The molecular weight excluding hydrogens is 885 g/mol. The quantitative estimate of drug-likeness (QED) is 0.0460. The Bertz CT molecular complexity index is 2510. The van der Waals surface area contributed by atoms with Gasteiger partial charge in [0.1, 0.15) is 22.8 Å². The largest absolute Gasteiger partial charge is 0.500 e. The van der Waals surface area contributed by atoms with E-state index < -0.39 is 17.5 Å². The zero-order valence-electron chi connectivity index (χ0n) is 37.7. The summed E-state index contributed by atoms with van der Waals surface area (Å²) in [5.74, 6) is 3.04. The van der Waals surface area contributed by atoms with Gasteiger partial charge in [0, 0.05) is 61.9 Å². The van der Waals surface area contributed by atoms with Crippen molar-refractivity contribution in [1.29, 1.82) is 0 Å². The molecule has 0 saturated carbocycles. The van der Waals surface area contributed by atoms with E-state index in [2.05, 4.69) is 25.2 Å². The van der Waals surface area contributed by atoms with Crippen molar-refractivity contribution in [3.8, 4) is 11.4 Å². The predicted octanol–water partition coefficient (Wildman–Crippen LogP) is 5.80. The predicted molar refractivity (Wildman–Crippen MR) is 261 cm³/mol. The van der Waals surface area contributed by atoms with E-state index in [1.165, 1.54) is 54.2 Å². The number of nitrogens with one attached hydrogen (secondary N) is 2. The Kier molecular flexibility index (Phi) is 23.1. The topological polar surface area (TPSA) is 219 Å². The summed E-state index contributed by atoms with van der Waals surface area (Å²) < 4.78 is 23.1. The lowest BCUT2D eigenvalue weighted by Gasteiger charge is -2.25. The molecule has 0 amide bonds. The van der Waals surface area contributed by atoms with Crippen LogP contribution in [0.25, 0.3) is 22.5 Å². The van der Waals surface area contributed by atoms with Gasteiger partial charge in [-0.1, -0.05) is 66.7 Å². The fourth-order valence-electron chi connectivity index (χ4n) is 5.76. The lowest BCUT2D eigenvalue weighted by molar-refractivity contribution is -0.140. The number of nitrogens with two attached hydrogens (primary N) is 1. The van der Waals surface area contributed by atoms with E-state index in [4.69, 9.17) is 19.6 Å². The molecule has 0 spiro atoms. The first-order chi connectivity index (χ1) is 32.1. The monoisotopic (exact) mass is 942 g/mol. The van der Waals surface area contributed by atoms with Crippen LogP contribution in [-0.4, -0.2) is 111 Å². The van der Waals surface area contributed by atoms with Crippen LogP contribution < -0.4 is 27.1 Å². The van der Waals surface area contributed by atoms with Crippen molar-refractivity contribution in [2.75, 3.05) is 73.9 Å². The van der Waals surface area contributed by atoms with Gasteiger partial charge in [-0.05, 0) is 57.5 Å². The Morgan fingerprint density at radius 3 is 1.91 bits per heavy atom. The summed E-state index contributed by atoms with van der Waals surface area (Å²) in [5.41, 5.74) is 7.76. The fraction of sp³-hybridized carbons (Fsp3) is 0.340. The number of aromatic nitrogens is 5. The maximum absolute atomic E-state index is 12.2. The number of hydrogen-bond donors (Lipinski definition) is 3. The van der Waals surface area contributed by atoms with Gasteiger partial charge < -0.3 is 34.6 Å². The van der Waals surface area contributed by atoms with Crippen LogP contribution in [0.15, 0.2) is 129 Å². The summed E-state index contributed by atoms with van der Waals surface area (Å²) in [5, 5.41) is 10.7. The van der Waals surface area contributed by atoms with Gasteiger partial charge in [-0.2, -0.15) is 38.3 Å². The molecule has 3 aromatic heterocycles. The van der Waals surface area contributed by atoms with E-state index in [1.54, 1.807) is 37.6 Å². The van der Waals surface area contributed by atoms with Gasteiger partial charge in [-0.25, -0.2) is 14.3 Å². The second-order valence-corrected chi connectivity index (χ2v) is 16.2. The third kappa shape index (κ3) is 16.5. The summed E-state index contributed by atoms with van der Waals surface area (Å²) in [7, 11) is 0. The Morgan fingerprint density at radius 1 is 0.803 bits per heavy atom. The second-order valence-electron chi connectivity index (χ2n) is 13.7. The number of nitrogens with zero attached hydrogens (tertiary/aromatic N) is 5. The average molecular weight is 943 g/mol. The minimum absolute atomic E-state index is 0.00991. The SMILES string of the molecule is C1CSCCN1.CCO/C=C(/C(C)=O)C(=O)OCC.CCOC(=O)c1c[nH]n(-c2ccccc2)c1=O.NCc1ccccc1.O=c1nc(N2CCSCC2)oc2c1cnn2-c1ccccc1. The van der Waals surface area contributed by atoms with Crippen LogP contribution in [0, 0.1) is 0 Å². The van der Waals surface area contributed by atoms with E-state index in [0.717, 1.165) is 36.5 Å². The number of esters is 2. The Labute approximate surface area is 392 Å². The Balaban J connectivity index is 0.000000193. The molecule has 352 valence electrons. The number of ether oxygens (including phenoxy) is 3. The fourth-order valence-corrected chi connectivity index (χ4v) is 7.44. The van der Waals surface area contributed by atoms with Crippen molar-refractivity contribution in [2.24, 2.45) is 5.73 Å². The molecule has 66 heavy (non-hydrogen) atoms. The molecule has 2 aliphatic rings. The number of rotatable bonds is 11. The number of hydrogen-bond acceptors (Lipinski definition) is 16. The van der Waals surface area contributed by atoms with Crippen molar-refractivity contribution in [1.82, 2.24) is 29.9 Å². The molecular formula is C47H58N8O9S2. The third-order valence-corrected chi connectivity index (χ3v) is 11.0. The number of fused-ring (bicyclic) bond motifs is 1. The summed E-state index contributed by atoms with van der Waals surface area (Å²) in [6.45, 7) is 12.1. The van der Waals surface area contributed by atoms with Gasteiger partial charge in [0.2, 0.25) is 5.71 Å². The Morgan fingerprint density at radius 2 is 1.39 bits per heavy atom. The van der Waals surface area contributed by atoms with E-state index >= 15 is 0 Å². The first-order valence-corrected chi connectivity index (χ1v) is 23.8. The lowest BCUT2D eigenvalue weighted by atomic mass is 10.2. The highest BCUT2D eigenvalue weighted by molar-refractivity contribution is 7.99. The number of H-pyrrole nitrogens is 1. The highest BCUT2D eigenvalue weighted by Crippen LogP contribution is 2.22. The number of Topliss-reactive ketones (excluding diaryl/α,β-unsaturated/α-hetero) is 1. The normalized spacial score (nSPS) is 13.2. The molecule has 6 aromatic rings. The average Bonchev–Trinajstić information content (AvgIpc) is 3.98. The highest BCUT2D eigenvalue weighted by Gasteiger charge is 2.20. The minimum Gasteiger partial charge on any atom is -0.500 e. The smallest absolute Gasteiger partial charge is 0.345 e. The number of carbonyl (C=O) groups excluding carboxylic acids is 3. The molecule has 17 nitrogen and oxygen atoms in total. The summed E-state index contributed by atoms with van der Waals surface area (Å²) in [6.07, 6.45) is 4.00. The van der Waals surface area contributed by atoms with Gasteiger partial charge in [-0.15, -0.1) is 0 Å². The minimum atomic E-state index is -0.636. The van der Waals surface area contributed by atoms with Gasteiger partial charge in [0.15, 0.2) is 5.78 Å². The second kappa shape index (κ2) is 29.2. The zero-order valence-corrected chi connectivity index (χ0v) is 39.3. The zero-order chi connectivity index (χ0) is 47.5. The van der Waals surface area contributed by atoms with Gasteiger partial charge in [0.25, 0.3) is 11.1 Å². The molecule has 2 aliphatic heterocycles. The lowest BCUT2D eigenvalue weighted by Crippen LogP contribution is -2.34. The summed E-state index contributed by atoms with van der Waals surface area (Å²) >= 11 is 3.93. The summed E-state index contributed by atoms with van der Waals surface area (Å²) in [6, 6.07) is 29.0. The van der Waals surface area contributed by atoms with Gasteiger partial charge >= 0.3 is 18.0 Å². The molecule has 0 unspecified atom stereocenters. The van der Waals surface area contributed by atoms with E-state index in [9.17, 15) is 24.0 Å². The van der Waals surface area contributed by atoms with Crippen molar-refractivity contribution in [3.05, 3.63) is 147 Å². The molecule has 4 N–H and O–H groups in total. The molecule has 0 atom stereocenters. The first-order valence-electron chi connectivity index (χ1n) is 21.5. The number of thioether (sulfide) groups is 2. The number of carbonyl (C=O) groups is 3. The van der Waals surface area contributed by atoms with Crippen molar-refractivity contribution in [2.45, 2.75) is 34.2 Å². The number of anilines is 1. The van der Waals surface area contributed by atoms with Gasteiger partial charge in [0.05, 0.1) is 37.4 Å². The number of benzene rings is 3. The standard InChI is InChI=1S/C15H14N4O2S.C12H12N2O3.C9H14O4.C7H9N.C4H9NS/c20-13-12-10-16-19(11-4-2-1-3-5-11)14(12)21-15(17-13)18-6-8-22-9-7-18;1-2-17-12(16)10-8-13-14(11(10)15)9-6-4-3-5-7-9;1-4-12-6-8(7(3)10)9(11)13-5-2;8-6-7-4-2-1-3-5-7;1-3-6-4-2-5-1/h1-5,10H,6-9H2;3-8,13H,2H2,1H3;6H,4-5H2,1-3H3;1-5H,6,8H2;5H,1-4H2/b;;8-6-;;. The van der Waals surface area contributed by atoms with Gasteiger partial charge in [-0.3, -0.25) is 19.5 Å². The van der Waals surface area contributed by atoms with Crippen LogP contribution in [0.4, 0.5) is 6.01 Å². The van der Waals surface area contributed by atoms with E-state index in [-0.39, 0.29) is 35.7 Å². The maximum atomic E-state index is 12.2. The molecule has 0 aliphatic carbocycles. The molecule has 2 saturated heterocycles. The van der Waals surface area contributed by atoms with Crippen LogP contribution in [0.1, 0.15) is 43.6 Å². The maximum Gasteiger partial charge on any atom is 0.345 e. The van der Waals surface area contributed by atoms with Crippen LogP contribution in [0.5, 0.6) is 0 Å². The van der Waals surface area contributed by atoms with Crippen molar-refractivity contribution >= 4 is 58.4 Å². The van der Waals surface area contributed by atoms with E-state index in [0.29, 0.717) is 36.0 Å². The Hall–Kier alpha value is -6.41. The number of ketones is 1. The summed E-state index contributed by atoms with van der Waals surface area (Å²) in [4.78, 5) is 63.7.